The van der Waals surface area contributed by atoms with E-state index in [2.05, 4.69) is 12.1 Å². The lowest BCUT2D eigenvalue weighted by Crippen LogP contribution is -2.04. The molecule has 0 amide bonds. The van der Waals surface area contributed by atoms with E-state index in [0.29, 0.717) is 17.4 Å². The number of para-hydroxylation sites is 1. The molecule has 2 rings (SSSR count). The molecule has 2 nitrogen and oxygen atoms in total. The summed E-state index contributed by atoms with van der Waals surface area (Å²) in [4.78, 5) is 0. The van der Waals surface area contributed by atoms with Crippen LogP contribution in [0.25, 0.3) is 0 Å². The minimum atomic E-state index is -0.0682. The molecule has 2 aromatic carbocycles. The molecule has 0 unspecified atom stereocenters. The highest BCUT2D eigenvalue weighted by Gasteiger charge is 2.07. The van der Waals surface area contributed by atoms with Gasteiger partial charge in [0.05, 0.1) is 18.2 Å². The van der Waals surface area contributed by atoms with Crippen molar-refractivity contribution in [3.8, 4) is 5.75 Å². The molecule has 2 aromatic rings. The smallest absolute Gasteiger partial charge is 0.143 e. The number of ether oxygens (including phenoxy) is 1. The van der Waals surface area contributed by atoms with E-state index in [4.69, 9.17) is 16.3 Å². The van der Waals surface area contributed by atoms with Gasteiger partial charge in [0, 0.05) is 12.0 Å². The topological polar surface area (TPSA) is 29.5 Å². The summed E-state index contributed by atoms with van der Waals surface area (Å²) in [7, 11) is 0. The van der Waals surface area contributed by atoms with Crippen molar-refractivity contribution in [1.82, 2.24) is 0 Å². The monoisotopic (exact) mass is 262 g/mol. The van der Waals surface area contributed by atoms with Crippen LogP contribution in [0.2, 0.25) is 5.02 Å². The zero-order valence-electron chi connectivity index (χ0n) is 9.97. The fourth-order valence-corrected chi connectivity index (χ4v) is 2.00. The lowest BCUT2D eigenvalue weighted by Gasteiger charge is -2.11. The van der Waals surface area contributed by atoms with Crippen molar-refractivity contribution in [2.75, 3.05) is 6.61 Å². The molecule has 18 heavy (non-hydrogen) atoms. The summed E-state index contributed by atoms with van der Waals surface area (Å²) in [5, 5.41) is 9.76. The van der Waals surface area contributed by atoms with Gasteiger partial charge in [-0.3, -0.25) is 0 Å². The summed E-state index contributed by atoms with van der Waals surface area (Å²) in [6.45, 7) is 0.474. The van der Waals surface area contributed by atoms with Crippen LogP contribution in [0, 0.1) is 0 Å². The van der Waals surface area contributed by atoms with Crippen molar-refractivity contribution < 1.29 is 9.84 Å². The van der Waals surface area contributed by atoms with Gasteiger partial charge in [0.1, 0.15) is 5.75 Å². The van der Waals surface area contributed by atoms with Crippen molar-refractivity contribution in [1.29, 1.82) is 0 Å². The Morgan fingerprint density at radius 2 is 1.78 bits per heavy atom. The second kappa shape index (κ2) is 6.43. The van der Waals surface area contributed by atoms with Gasteiger partial charge < -0.3 is 9.84 Å². The molecule has 0 aliphatic heterocycles. The lowest BCUT2D eigenvalue weighted by molar-refractivity contribution is 0.264. The number of hydrogen-bond acceptors (Lipinski definition) is 2. The van der Waals surface area contributed by atoms with Crippen LogP contribution >= 0.6 is 11.6 Å². The Kier molecular flexibility index (Phi) is 4.62. The Labute approximate surface area is 112 Å². The third-order valence-electron chi connectivity index (χ3n) is 2.70. The van der Waals surface area contributed by atoms with Gasteiger partial charge >= 0.3 is 0 Å². The first-order valence-corrected chi connectivity index (χ1v) is 6.24. The van der Waals surface area contributed by atoms with Crippen molar-refractivity contribution in [3.63, 3.8) is 0 Å². The highest BCUT2D eigenvalue weighted by molar-refractivity contribution is 6.32. The fraction of sp³-hybridized carbons (Fsp3) is 0.200. The SMILES string of the molecule is OCc1cccc(Cl)c1OCCc1ccccc1. The minimum Gasteiger partial charge on any atom is -0.491 e. The first-order valence-electron chi connectivity index (χ1n) is 5.86. The molecule has 0 fully saturated rings. The average Bonchev–Trinajstić information content (AvgIpc) is 2.41. The van der Waals surface area contributed by atoms with E-state index in [1.54, 1.807) is 12.1 Å². The Morgan fingerprint density at radius 3 is 2.50 bits per heavy atom. The molecular weight excluding hydrogens is 248 g/mol. The van der Waals surface area contributed by atoms with Gasteiger partial charge in [-0.15, -0.1) is 0 Å². The molecule has 0 spiro atoms. The summed E-state index contributed by atoms with van der Waals surface area (Å²) in [5.41, 5.74) is 1.94. The van der Waals surface area contributed by atoms with Crippen molar-refractivity contribution in [3.05, 3.63) is 64.7 Å². The zero-order valence-corrected chi connectivity index (χ0v) is 10.7. The maximum Gasteiger partial charge on any atom is 0.143 e. The van der Waals surface area contributed by atoms with E-state index in [-0.39, 0.29) is 6.61 Å². The maximum absolute atomic E-state index is 9.22. The molecule has 0 saturated carbocycles. The van der Waals surface area contributed by atoms with E-state index in [1.807, 2.05) is 24.3 Å². The van der Waals surface area contributed by atoms with Crippen LogP contribution in [0.3, 0.4) is 0 Å². The predicted molar refractivity (Wildman–Crippen MR) is 73.0 cm³/mol. The standard InChI is InChI=1S/C15H15ClO2/c16-14-8-4-7-13(11-17)15(14)18-10-9-12-5-2-1-3-6-12/h1-8,17H,9-11H2. The molecule has 0 heterocycles. The van der Waals surface area contributed by atoms with Crippen molar-refractivity contribution >= 4 is 11.6 Å². The summed E-state index contributed by atoms with van der Waals surface area (Å²) in [6.07, 6.45) is 0.816. The van der Waals surface area contributed by atoms with Crippen LogP contribution in [0.15, 0.2) is 48.5 Å². The van der Waals surface area contributed by atoms with E-state index >= 15 is 0 Å². The van der Waals surface area contributed by atoms with Gasteiger partial charge in [-0.05, 0) is 11.6 Å². The third-order valence-corrected chi connectivity index (χ3v) is 3.00. The predicted octanol–water partition coefficient (Wildman–Crippen LogP) is 3.45. The minimum absolute atomic E-state index is 0.0682. The quantitative estimate of drug-likeness (QED) is 0.894. The van der Waals surface area contributed by atoms with Gasteiger partial charge in [-0.25, -0.2) is 0 Å². The Bertz CT molecular complexity index is 497. The van der Waals surface area contributed by atoms with Crippen LogP contribution in [0.1, 0.15) is 11.1 Å². The van der Waals surface area contributed by atoms with Gasteiger partial charge in [-0.2, -0.15) is 0 Å². The number of benzene rings is 2. The van der Waals surface area contributed by atoms with Gasteiger partial charge in [0.2, 0.25) is 0 Å². The molecular formula is C15H15ClO2. The molecule has 3 heteroatoms. The van der Waals surface area contributed by atoms with E-state index in [0.717, 1.165) is 12.0 Å². The van der Waals surface area contributed by atoms with Crippen molar-refractivity contribution in [2.45, 2.75) is 13.0 Å². The van der Waals surface area contributed by atoms with E-state index in [1.165, 1.54) is 5.56 Å². The van der Waals surface area contributed by atoms with Crippen molar-refractivity contribution in [2.24, 2.45) is 0 Å². The second-order valence-corrected chi connectivity index (χ2v) is 4.38. The highest BCUT2D eigenvalue weighted by Crippen LogP contribution is 2.28. The Morgan fingerprint density at radius 1 is 1.00 bits per heavy atom. The summed E-state index contributed by atoms with van der Waals surface area (Å²) < 4.78 is 5.67. The molecule has 94 valence electrons. The molecule has 0 aliphatic rings. The number of rotatable bonds is 5. The molecule has 0 saturated heterocycles. The summed E-state index contributed by atoms with van der Waals surface area (Å²) in [6, 6.07) is 15.5. The average molecular weight is 263 g/mol. The summed E-state index contributed by atoms with van der Waals surface area (Å²) >= 11 is 6.05. The molecule has 0 aliphatic carbocycles. The number of halogens is 1. The number of aliphatic hydroxyl groups excluding tert-OH is 1. The fourth-order valence-electron chi connectivity index (χ4n) is 1.76. The van der Waals surface area contributed by atoms with Gasteiger partial charge in [0.25, 0.3) is 0 Å². The van der Waals surface area contributed by atoms with E-state index < -0.39 is 0 Å². The molecule has 0 atom stereocenters. The van der Waals surface area contributed by atoms with Crippen LogP contribution in [0.5, 0.6) is 5.75 Å². The van der Waals surface area contributed by atoms with Gasteiger partial charge in [-0.1, -0.05) is 54.1 Å². The zero-order chi connectivity index (χ0) is 12.8. The normalized spacial score (nSPS) is 10.3. The Balaban J connectivity index is 1.98. The molecule has 1 N–H and O–H groups in total. The Hall–Kier alpha value is -1.51. The number of hydrogen-bond donors (Lipinski definition) is 1. The lowest BCUT2D eigenvalue weighted by atomic mass is 10.2. The first kappa shape index (κ1) is 12.9. The van der Waals surface area contributed by atoms with Gasteiger partial charge in [0.15, 0.2) is 0 Å². The maximum atomic E-state index is 9.22. The van der Waals surface area contributed by atoms with Crippen LogP contribution in [-0.4, -0.2) is 11.7 Å². The summed E-state index contributed by atoms with van der Waals surface area (Å²) in [5.74, 6) is 0.581. The highest BCUT2D eigenvalue weighted by atomic mass is 35.5. The second-order valence-electron chi connectivity index (χ2n) is 3.97. The third kappa shape index (κ3) is 3.25. The number of aliphatic hydroxyl groups is 1. The molecule has 0 aromatic heterocycles. The van der Waals surface area contributed by atoms with E-state index in [9.17, 15) is 5.11 Å². The largest absolute Gasteiger partial charge is 0.491 e. The first-order chi connectivity index (χ1) is 8.81. The van der Waals surface area contributed by atoms with Crippen LogP contribution < -0.4 is 4.74 Å². The van der Waals surface area contributed by atoms with Crippen LogP contribution in [-0.2, 0) is 13.0 Å². The molecule has 0 radical (unpaired) electrons. The molecule has 0 bridgehead atoms. The van der Waals surface area contributed by atoms with Crippen LogP contribution in [0.4, 0.5) is 0 Å².